The molecule has 2 rings (SSSR count). The summed E-state index contributed by atoms with van der Waals surface area (Å²) in [5.74, 6) is 0. The molecule has 164 valence electrons. The van der Waals surface area contributed by atoms with Crippen LogP contribution in [0.1, 0.15) is 48.8 Å². The molecule has 0 saturated carbocycles. The molecule has 0 aliphatic carbocycles. The fourth-order valence-electron chi connectivity index (χ4n) is 3.18. The van der Waals surface area contributed by atoms with Gasteiger partial charge in [-0.15, -0.1) is 21.6 Å². The van der Waals surface area contributed by atoms with Crippen molar-refractivity contribution < 1.29 is 9.84 Å². The van der Waals surface area contributed by atoms with Gasteiger partial charge in [0.15, 0.2) is 5.00 Å². The second-order valence-corrected chi connectivity index (χ2v) is 8.61. The fraction of sp³-hybridized carbons (Fsp3) is 0.478. The molecule has 0 amide bonds. The molecule has 1 heterocycles. The van der Waals surface area contributed by atoms with Gasteiger partial charge in [-0.2, -0.15) is 10.5 Å². The van der Waals surface area contributed by atoms with Crippen molar-refractivity contribution in [3.05, 3.63) is 39.8 Å². The maximum absolute atomic E-state index is 9.37. The third kappa shape index (κ3) is 6.35. The quantitative estimate of drug-likeness (QED) is 0.490. The number of thiophene rings is 1. The van der Waals surface area contributed by atoms with E-state index >= 15 is 0 Å². The molecule has 1 N–H and O–H groups in total. The van der Waals surface area contributed by atoms with Gasteiger partial charge in [0.2, 0.25) is 0 Å². The number of benzene rings is 1. The SMILES string of the molecule is Cc1cc(N(CCC(C)OCCO)C(C)C)ccc1N=Nc1sc(C#N)c(C)c1C#N. The summed E-state index contributed by atoms with van der Waals surface area (Å²) in [4.78, 5) is 2.80. The van der Waals surface area contributed by atoms with Gasteiger partial charge in [-0.05, 0) is 70.4 Å². The predicted molar refractivity (Wildman–Crippen MR) is 123 cm³/mol. The summed E-state index contributed by atoms with van der Waals surface area (Å²) in [6.07, 6.45) is 0.929. The molecular weight excluding hydrogens is 410 g/mol. The number of anilines is 1. The van der Waals surface area contributed by atoms with Crippen LogP contribution in [0.4, 0.5) is 16.4 Å². The van der Waals surface area contributed by atoms with Gasteiger partial charge in [0, 0.05) is 18.3 Å². The number of nitrogens with zero attached hydrogens (tertiary/aromatic N) is 5. The van der Waals surface area contributed by atoms with Crippen LogP contribution in [-0.4, -0.2) is 37.0 Å². The zero-order valence-corrected chi connectivity index (χ0v) is 19.5. The first-order valence-electron chi connectivity index (χ1n) is 10.3. The van der Waals surface area contributed by atoms with E-state index in [1.807, 2.05) is 26.0 Å². The number of ether oxygens (including phenoxy) is 1. The first kappa shape index (κ1) is 24.5. The van der Waals surface area contributed by atoms with Gasteiger partial charge >= 0.3 is 0 Å². The highest BCUT2D eigenvalue weighted by Crippen LogP contribution is 2.36. The molecule has 8 heteroatoms. The topological polar surface area (TPSA) is 105 Å². The minimum Gasteiger partial charge on any atom is -0.394 e. The molecule has 0 saturated heterocycles. The Balaban J connectivity index is 2.19. The molecule has 31 heavy (non-hydrogen) atoms. The first-order chi connectivity index (χ1) is 14.8. The van der Waals surface area contributed by atoms with Gasteiger partial charge in [-0.25, -0.2) is 0 Å². The molecule has 0 bridgehead atoms. The lowest BCUT2D eigenvalue weighted by atomic mass is 10.1. The first-order valence-corrected chi connectivity index (χ1v) is 11.1. The lowest BCUT2D eigenvalue weighted by Crippen LogP contribution is -2.33. The van der Waals surface area contributed by atoms with Gasteiger partial charge in [0.25, 0.3) is 0 Å². The van der Waals surface area contributed by atoms with E-state index < -0.39 is 0 Å². The van der Waals surface area contributed by atoms with Crippen LogP contribution in [0.15, 0.2) is 28.4 Å². The largest absolute Gasteiger partial charge is 0.394 e. The Kier molecular flexibility index (Phi) is 9.14. The van der Waals surface area contributed by atoms with Crippen LogP contribution >= 0.6 is 11.3 Å². The summed E-state index contributed by atoms with van der Waals surface area (Å²) < 4.78 is 5.56. The summed E-state index contributed by atoms with van der Waals surface area (Å²) in [6, 6.07) is 10.6. The zero-order valence-electron chi connectivity index (χ0n) is 18.7. The summed E-state index contributed by atoms with van der Waals surface area (Å²) in [6.45, 7) is 11.3. The molecule has 7 nitrogen and oxygen atoms in total. The number of azo groups is 1. The van der Waals surface area contributed by atoms with Crippen molar-refractivity contribution in [3.8, 4) is 12.1 Å². The standard InChI is InChI=1S/C23H29N5O2S/c1-15(2)28(9-8-17(4)30-11-10-29)19-6-7-21(16(3)12-19)26-27-23-20(13-24)18(5)22(14-25)31-23/h6-7,12,15,17,29H,8-11H2,1-5H3. The highest BCUT2D eigenvalue weighted by Gasteiger charge is 2.16. The summed E-state index contributed by atoms with van der Waals surface area (Å²) in [7, 11) is 0. The Bertz CT molecular complexity index is 1000. The van der Waals surface area contributed by atoms with Crippen molar-refractivity contribution in [1.29, 1.82) is 10.5 Å². The zero-order chi connectivity index (χ0) is 23.0. The van der Waals surface area contributed by atoms with Crippen LogP contribution in [-0.2, 0) is 4.74 Å². The Labute approximate surface area is 188 Å². The van der Waals surface area contributed by atoms with E-state index in [9.17, 15) is 10.5 Å². The van der Waals surface area contributed by atoms with Gasteiger partial charge in [-0.1, -0.05) is 0 Å². The fourth-order valence-corrected chi connectivity index (χ4v) is 4.06. The summed E-state index contributed by atoms with van der Waals surface area (Å²) in [5.41, 5.74) is 3.85. The Hall–Kier alpha value is -2.78. The van der Waals surface area contributed by atoms with Gasteiger partial charge in [-0.3, -0.25) is 0 Å². The molecule has 0 spiro atoms. The third-order valence-corrected chi connectivity index (χ3v) is 6.08. The van der Waals surface area contributed by atoms with E-state index in [2.05, 4.69) is 47.2 Å². The Morgan fingerprint density at radius 1 is 1.16 bits per heavy atom. The van der Waals surface area contributed by atoms with Gasteiger partial charge in [0.05, 0.1) is 30.6 Å². The predicted octanol–water partition coefficient (Wildman–Crippen LogP) is 5.53. The summed E-state index contributed by atoms with van der Waals surface area (Å²) in [5, 5.41) is 36.5. The maximum Gasteiger partial charge on any atom is 0.158 e. The number of rotatable bonds is 10. The van der Waals surface area contributed by atoms with Crippen molar-refractivity contribution in [2.45, 2.75) is 53.2 Å². The number of hydrogen-bond donors (Lipinski definition) is 1. The summed E-state index contributed by atoms with van der Waals surface area (Å²) >= 11 is 1.18. The second kappa shape index (κ2) is 11.6. The normalized spacial score (nSPS) is 12.2. The maximum atomic E-state index is 9.37. The van der Waals surface area contributed by atoms with E-state index in [0.717, 1.165) is 29.9 Å². The molecule has 1 unspecified atom stereocenters. The Morgan fingerprint density at radius 3 is 2.48 bits per heavy atom. The monoisotopic (exact) mass is 439 g/mol. The van der Waals surface area contributed by atoms with Crippen molar-refractivity contribution in [2.75, 3.05) is 24.7 Å². The molecular formula is C23H29N5O2S. The van der Waals surface area contributed by atoms with Crippen molar-refractivity contribution in [2.24, 2.45) is 10.2 Å². The average Bonchev–Trinajstić information content (AvgIpc) is 3.05. The highest BCUT2D eigenvalue weighted by atomic mass is 32.1. The van der Waals surface area contributed by atoms with Crippen LogP contribution in [0, 0.1) is 36.5 Å². The average molecular weight is 440 g/mol. The molecule has 1 aromatic heterocycles. The van der Waals surface area contributed by atoms with Crippen LogP contribution in [0.3, 0.4) is 0 Å². The van der Waals surface area contributed by atoms with E-state index in [1.54, 1.807) is 6.92 Å². The van der Waals surface area contributed by atoms with Crippen molar-refractivity contribution in [1.82, 2.24) is 0 Å². The molecule has 1 aromatic carbocycles. The van der Waals surface area contributed by atoms with E-state index in [0.29, 0.717) is 33.7 Å². The second-order valence-electron chi connectivity index (χ2n) is 7.61. The van der Waals surface area contributed by atoms with Crippen LogP contribution in [0.25, 0.3) is 0 Å². The molecule has 1 atom stereocenters. The minimum absolute atomic E-state index is 0.0339. The molecule has 0 fully saturated rings. The number of hydrogen-bond acceptors (Lipinski definition) is 8. The number of aliphatic hydroxyl groups is 1. The molecule has 0 radical (unpaired) electrons. The van der Waals surface area contributed by atoms with Crippen LogP contribution < -0.4 is 4.90 Å². The third-order valence-electron chi connectivity index (χ3n) is 5.00. The van der Waals surface area contributed by atoms with Crippen molar-refractivity contribution >= 4 is 27.7 Å². The molecule has 0 aliphatic heterocycles. The van der Waals surface area contributed by atoms with E-state index in [4.69, 9.17) is 9.84 Å². The van der Waals surface area contributed by atoms with E-state index in [-0.39, 0.29) is 12.7 Å². The van der Waals surface area contributed by atoms with E-state index in [1.165, 1.54) is 11.3 Å². The van der Waals surface area contributed by atoms with Crippen LogP contribution in [0.2, 0.25) is 0 Å². The highest BCUT2D eigenvalue weighted by molar-refractivity contribution is 7.16. The van der Waals surface area contributed by atoms with Crippen molar-refractivity contribution in [3.63, 3.8) is 0 Å². The molecule has 2 aromatic rings. The lowest BCUT2D eigenvalue weighted by Gasteiger charge is -2.30. The Morgan fingerprint density at radius 2 is 1.90 bits per heavy atom. The minimum atomic E-state index is 0.0339. The van der Waals surface area contributed by atoms with Crippen LogP contribution in [0.5, 0.6) is 0 Å². The number of aliphatic hydroxyl groups excluding tert-OH is 1. The molecule has 0 aliphatic rings. The number of aryl methyl sites for hydroxylation is 1. The lowest BCUT2D eigenvalue weighted by molar-refractivity contribution is 0.0356. The number of nitriles is 2. The van der Waals surface area contributed by atoms with Gasteiger partial charge in [0.1, 0.15) is 17.0 Å². The smallest absolute Gasteiger partial charge is 0.158 e. The van der Waals surface area contributed by atoms with Gasteiger partial charge < -0.3 is 14.7 Å².